The topological polar surface area (TPSA) is 64.6 Å². The maximum Gasteiger partial charge on any atom is 0.440 e. The molecule has 0 bridgehead atoms. The lowest BCUT2D eigenvalue weighted by molar-refractivity contribution is -0.145. The molecule has 1 fully saturated rings. The fourth-order valence-corrected chi connectivity index (χ4v) is 1.93. The Bertz CT molecular complexity index is 295. The van der Waals surface area contributed by atoms with Gasteiger partial charge in [0.15, 0.2) is 0 Å². The second-order valence-corrected chi connectivity index (χ2v) is 4.07. The summed E-state index contributed by atoms with van der Waals surface area (Å²) in [7, 11) is 0. The Morgan fingerprint density at radius 3 is 2.53 bits per heavy atom. The molecule has 0 aliphatic heterocycles. The summed E-state index contributed by atoms with van der Waals surface area (Å²) in [6.07, 6.45) is 4.60. The Morgan fingerprint density at radius 1 is 1.29 bits per heavy atom. The van der Waals surface area contributed by atoms with Crippen LogP contribution >= 0.6 is 0 Å². The van der Waals surface area contributed by atoms with Gasteiger partial charge in [0, 0.05) is 5.57 Å². The monoisotopic (exact) mass is 241 g/mol. The van der Waals surface area contributed by atoms with Crippen LogP contribution in [-0.2, 0) is 14.4 Å². The van der Waals surface area contributed by atoms with Crippen molar-refractivity contribution in [3.05, 3.63) is 12.2 Å². The Hall–Kier alpha value is -1.52. The van der Waals surface area contributed by atoms with Crippen LogP contribution in [0, 0.1) is 5.92 Å². The van der Waals surface area contributed by atoms with E-state index in [0.29, 0.717) is 5.57 Å². The molecule has 1 amide bonds. The van der Waals surface area contributed by atoms with E-state index in [1.165, 1.54) is 6.42 Å². The smallest absolute Gasteiger partial charge is 0.440 e. The fourth-order valence-electron chi connectivity index (χ4n) is 1.93. The molecular weight excluding hydrogens is 222 g/mol. The van der Waals surface area contributed by atoms with Gasteiger partial charge in [-0.3, -0.25) is 0 Å². The second-order valence-electron chi connectivity index (χ2n) is 4.07. The highest BCUT2D eigenvalue weighted by atomic mass is 16.7. The van der Waals surface area contributed by atoms with Crippen molar-refractivity contribution in [3.63, 3.8) is 0 Å². The first-order chi connectivity index (χ1) is 8.15. The van der Waals surface area contributed by atoms with Gasteiger partial charge in [0.1, 0.15) is 0 Å². The van der Waals surface area contributed by atoms with Gasteiger partial charge < -0.3 is 9.57 Å². The van der Waals surface area contributed by atoms with E-state index in [1.807, 2.05) is 5.48 Å². The maximum atomic E-state index is 11.6. The second kappa shape index (κ2) is 6.93. The minimum absolute atomic E-state index is 0.181. The van der Waals surface area contributed by atoms with Crippen molar-refractivity contribution in [2.24, 2.45) is 5.92 Å². The van der Waals surface area contributed by atoms with Gasteiger partial charge in [-0.25, -0.2) is 9.59 Å². The van der Waals surface area contributed by atoms with E-state index in [2.05, 4.69) is 16.2 Å². The molecule has 0 spiro atoms. The lowest BCUT2D eigenvalue weighted by Crippen LogP contribution is -2.29. The molecule has 5 nitrogen and oxygen atoms in total. The van der Waals surface area contributed by atoms with Crippen molar-refractivity contribution >= 4 is 12.1 Å². The molecule has 17 heavy (non-hydrogen) atoms. The Labute approximate surface area is 101 Å². The predicted octanol–water partition coefficient (Wildman–Crippen LogP) is 2.33. The molecule has 5 heteroatoms. The SMILES string of the molecule is C=C(C(=O)ONC(=O)OCC)C1CCCCC1. The van der Waals surface area contributed by atoms with Gasteiger partial charge in [-0.15, -0.1) is 5.48 Å². The first-order valence-corrected chi connectivity index (χ1v) is 5.98. The summed E-state index contributed by atoms with van der Waals surface area (Å²) in [5.41, 5.74) is 2.36. The maximum absolute atomic E-state index is 11.6. The number of nitrogens with one attached hydrogen (secondary N) is 1. The highest BCUT2D eigenvalue weighted by Gasteiger charge is 2.23. The van der Waals surface area contributed by atoms with E-state index in [1.54, 1.807) is 6.92 Å². The van der Waals surface area contributed by atoms with Crippen LogP contribution in [0.2, 0.25) is 0 Å². The molecular formula is C12H19NO4. The van der Waals surface area contributed by atoms with Crippen LogP contribution < -0.4 is 5.48 Å². The average Bonchev–Trinajstić information content (AvgIpc) is 2.36. The molecule has 1 N–H and O–H groups in total. The van der Waals surface area contributed by atoms with Gasteiger partial charge in [0.05, 0.1) is 6.61 Å². The van der Waals surface area contributed by atoms with E-state index >= 15 is 0 Å². The Balaban J connectivity index is 2.31. The molecule has 1 saturated carbocycles. The lowest BCUT2D eigenvalue weighted by Gasteiger charge is -2.22. The summed E-state index contributed by atoms with van der Waals surface area (Å²) in [6.45, 7) is 5.63. The molecule has 0 saturated heterocycles. The number of amides is 1. The van der Waals surface area contributed by atoms with E-state index < -0.39 is 12.1 Å². The zero-order chi connectivity index (χ0) is 12.7. The van der Waals surface area contributed by atoms with E-state index in [9.17, 15) is 9.59 Å². The van der Waals surface area contributed by atoms with Gasteiger partial charge in [0.2, 0.25) is 0 Å². The standard InChI is InChI=1S/C12H19NO4/c1-3-16-12(15)13-17-11(14)9(2)10-7-5-4-6-8-10/h10H,2-8H2,1H3,(H,13,15). The van der Waals surface area contributed by atoms with Gasteiger partial charge in [-0.2, -0.15) is 0 Å². The van der Waals surface area contributed by atoms with Crippen LogP contribution in [0.5, 0.6) is 0 Å². The van der Waals surface area contributed by atoms with Crippen molar-refractivity contribution in [3.8, 4) is 0 Å². The summed E-state index contributed by atoms with van der Waals surface area (Å²) < 4.78 is 4.56. The summed E-state index contributed by atoms with van der Waals surface area (Å²) in [4.78, 5) is 27.1. The van der Waals surface area contributed by atoms with Gasteiger partial charge in [-0.1, -0.05) is 25.8 Å². The molecule has 0 atom stereocenters. The highest BCUT2D eigenvalue weighted by Crippen LogP contribution is 2.29. The van der Waals surface area contributed by atoms with Crippen LogP contribution in [-0.4, -0.2) is 18.7 Å². The largest absolute Gasteiger partial charge is 0.448 e. The third-order valence-corrected chi connectivity index (χ3v) is 2.86. The number of hydroxylamine groups is 1. The normalized spacial score (nSPS) is 16.1. The number of carbonyl (C=O) groups is 2. The molecule has 1 aliphatic rings. The summed E-state index contributed by atoms with van der Waals surface area (Å²) >= 11 is 0. The molecule has 1 aliphatic carbocycles. The van der Waals surface area contributed by atoms with Crippen LogP contribution in [0.25, 0.3) is 0 Å². The van der Waals surface area contributed by atoms with Crippen molar-refractivity contribution in [1.29, 1.82) is 0 Å². The minimum atomic E-state index is -0.766. The van der Waals surface area contributed by atoms with Crippen molar-refractivity contribution in [1.82, 2.24) is 5.48 Å². The van der Waals surface area contributed by atoms with Gasteiger partial charge >= 0.3 is 12.1 Å². The van der Waals surface area contributed by atoms with E-state index in [4.69, 9.17) is 0 Å². The van der Waals surface area contributed by atoms with Crippen LogP contribution in [0.15, 0.2) is 12.2 Å². The number of carbonyl (C=O) groups excluding carboxylic acids is 2. The molecule has 0 aromatic rings. The average molecular weight is 241 g/mol. The molecule has 1 rings (SSSR count). The first kappa shape index (κ1) is 13.5. The Kier molecular flexibility index (Phi) is 5.52. The summed E-state index contributed by atoms with van der Waals surface area (Å²) in [5, 5.41) is 0. The molecule has 0 aromatic heterocycles. The van der Waals surface area contributed by atoms with Crippen LogP contribution in [0.4, 0.5) is 4.79 Å². The molecule has 96 valence electrons. The zero-order valence-electron chi connectivity index (χ0n) is 10.2. The minimum Gasteiger partial charge on any atom is -0.448 e. The van der Waals surface area contributed by atoms with Crippen LogP contribution in [0.3, 0.4) is 0 Å². The van der Waals surface area contributed by atoms with E-state index in [-0.39, 0.29) is 12.5 Å². The summed E-state index contributed by atoms with van der Waals surface area (Å²) in [6, 6.07) is 0. The molecule has 0 unspecified atom stereocenters. The third-order valence-electron chi connectivity index (χ3n) is 2.86. The van der Waals surface area contributed by atoms with Crippen molar-refractivity contribution in [2.75, 3.05) is 6.61 Å². The lowest BCUT2D eigenvalue weighted by atomic mass is 9.84. The molecule has 0 radical (unpaired) electrons. The van der Waals surface area contributed by atoms with E-state index in [0.717, 1.165) is 25.7 Å². The van der Waals surface area contributed by atoms with Crippen molar-refractivity contribution < 1.29 is 19.2 Å². The van der Waals surface area contributed by atoms with Crippen LogP contribution in [0.1, 0.15) is 39.0 Å². The molecule has 0 aromatic carbocycles. The zero-order valence-corrected chi connectivity index (χ0v) is 10.2. The van der Waals surface area contributed by atoms with Gasteiger partial charge in [-0.05, 0) is 25.7 Å². The third kappa shape index (κ3) is 4.46. The number of hydrogen-bond acceptors (Lipinski definition) is 4. The number of rotatable bonds is 3. The molecule has 0 heterocycles. The predicted molar refractivity (Wildman–Crippen MR) is 62.0 cm³/mol. The number of hydrogen-bond donors (Lipinski definition) is 1. The fraction of sp³-hybridized carbons (Fsp3) is 0.667. The first-order valence-electron chi connectivity index (χ1n) is 5.98. The summed E-state index contributed by atoms with van der Waals surface area (Å²) in [5.74, 6) is -0.398. The Morgan fingerprint density at radius 2 is 1.94 bits per heavy atom. The highest BCUT2D eigenvalue weighted by molar-refractivity contribution is 5.88. The number of ether oxygens (including phenoxy) is 1. The quantitative estimate of drug-likeness (QED) is 0.608. The van der Waals surface area contributed by atoms with Gasteiger partial charge in [0.25, 0.3) is 0 Å². The van der Waals surface area contributed by atoms with Crippen molar-refractivity contribution in [2.45, 2.75) is 39.0 Å².